The Labute approximate surface area is 158 Å². The van der Waals surface area contributed by atoms with Crippen LogP contribution in [-0.4, -0.2) is 40.0 Å². The van der Waals surface area contributed by atoms with Gasteiger partial charge in [0, 0.05) is 17.8 Å². The summed E-state index contributed by atoms with van der Waals surface area (Å²) in [6.07, 6.45) is 1.84. The number of fused-ring (bicyclic) bond motifs is 2. The molecule has 27 heavy (non-hydrogen) atoms. The van der Waals surface area contributed by atoms with E-state index in [1.165, 1.54) is 0 Å². The molecular formula is C19H20N2O5S. The number of hydrogen-bond acceptors (Lipinski definition) is 5. The fraction of sp³-hybridized carbons (Fsp3) is 0.316. The Morgan fingerprint density at radius 1 is 1.19 bits per heavy atom. The maximum atomic E-state index is 13.0. The Hall–Kier alpha value is -2.74. The maximum absolute atomic E-state index is 13.0. The normalized spacial score (nSPS) is 17.7. The Kier molecular flexibility index (Phi) is 4.22. The number of hydrogen-bond donors (Lipinski definition) is 0. The van der Waals surface area contributed by atoms with Crippen LogP contribution in [0.1, 0.15) is 12.5 Å². The molecule has 8 heteroatoms. The van der Waals surface area contributed by atoms with Crippen molar-refractivity contribution in [2.24, 2.45) is 0 Å². The number of carbonyl (C=O) groups excluding carboxylic acids is 1. The first-order valence-corrected chi connectivity index (χ1v) is 10.5. The summed E-state index contributed by atoms with van der Waals surface area (Å²) in [5.74, 6) is 0.754. The van der Waals surface area contributed by atoms with Crippen LogP contribution < -0.4 is 18.7 Å². The fourth-order valence-corrected chi connectivity index (χ4v) is 4.43. The number of carbonyl (C=O) groups is 1. The maximum Gasteiger partial charge on any atom is 0.248 e. The first-order chi connectivity index (χ1) is 12.8. The molecule has 0 spiro atoms. The summed E-state index contributed by atoms with van der Waals surface area (Å²) in [7, 11) is -3.67. The second-order valence-corrected chi connectivity index (χ2v) is 8.66. The zero-order chi connectivity index (χ0) is 19.2. The number of amides is 1. The van der Waals surface area contributed by atoms with Gasteiger partial charge in [0.1, 0.15) is 6.54 Å². The average Bonchev–Trinajstić information content (AvgIpc) is 3.20. The van der Waals surface area contributed by atoms with E-state index in [9.17, 15) is 13.2 Å². The van der Waals surface area contributed by atoms with Crippen molar-refractivity contribution in [3.8, 4) is 11.5 Å². The molecule has 7 nitrogen and oxygen atoms in total. The van der Waals surface area contributed by atoms with Crippen LogP contribution in [0.5, 0.6) is 11.5 Å². The smallest absolute Gasteiger partial charge is 0.248 e. The minimum absolute atomic E-state index is 0.0203. The molecule has 1 amide bonds. The van der Waals surface area contributed by atoms with Gasteiger partial charge in [0.15, 0.2) is 11.5 Å². The van der Waals surface area contributed by atoms with Gasteiger partial charge in [-0.2, -0.15) is 0 Å². The fourth-order valence-electron chi connectivity index (χ4n) is 3.58. The molecular weight excluding hydrogens is 368 g/mol. The third-order valence-electron chi connectivity index (χ3n) is 4.80. The number of nitrogens with zero attached hydrogens (tertiary/aromatic N) is 2. The quantitative estimate of drug-likeness (QED) is 0.802. The largest absolute Gasteiger partial charge is 0.454 e. The Morgan fingerprint density at radius 3 is 2.70 bits per heavy atom. The third-order valence-corrected chi connectivity index (χ3v) is 5.94. The van der Waals surface area contributed by atoms with E-state index in [4.69, 9.17) is 9.47 Å². The number of ether oxygens (including phenoxy) is 2. The van der Waals surface area contributed by atoms with Crippen molar-refractivity contribution in [3.05, 3.63) is 48.0 Å². The summed E-state index contributed by atoms with van der Waals surface area (Å²) < 4.78 is 36.5. The lowest BCUT2D eigenvalue weighted by Gasteiger charge is -2.28. The number of anilines is 2. The lowest BCUT2D eigenvalue weighted by Crippen LogP contribution is -2.45. The van der Waals surface area contributed by atoms with Crippen molar-refractivity contribution in [1.29, 1.82) is 0 Å². The summed E-state index contributed by atoms with van der Waals surface area (Å²) in [4.78, 5) is 14.7. The predicted octanol–water partition coefficient (Wildman–Crippen LogP) is 2.16. The van der Waals surface area contributed by atoms with Crippen molar-refractivity contribution in [2.45, 2.75) is 19.4 Å². The molecule has 0 bridgehead atoms. The molecule has 0 fully saturated rings. The molecule has 0 unspecified atom stereocenters. The van der Waals surface area contributed by atoms with Crippen molar-refractivity contribution in [1.82, 2.24) is 0 Å². The minimum Gasteiger partial charge on any atom is -0.454 e. The molecule has 0 N–H and O–H groups in total. The van der Waals surface area contributed by atoms with Crippen LogP contribution in [0.25, 0.3) is 0 Å². The topological polar surface area (TPSA) is 76.2 Å². The van der Waals surface area contributed by atoms with Crippen LogP contribution in [0, 0.1) is 0 Å². The van der Waals surface area contributed by atoms with E-state index >= 15 is 0 Å². The van der Waals surface area contributed by atoms with Crippen LogP contribution >= 0.6 is 0 Å². The lowest BCUT2D eigenvalue weighted by atomic mass is 10.1. The first-order valence-electron chi connectivity index (χ1n) is 8.62. The van der Waals surface area contributed by atoms with Crippen molar-refractivity contribution in [2.75, 3.05) is 28.8 Å². The van der Waals surface area contributed by atoms with Crippen molar-refractivity contribution >= 4 is 27.3 Å². The van der Waals surface area contributed by atoms with E-state index in [1.54, 1.807) is 23.1 Å². The summed E-state index contributed by atoms with van der Waals surface area (Å²) >= 11 is 0. The molecule has 2 aliphatic heterocycles. The minimum atomic E-state index is -3.67. The molecule has 2 heterocycles. The summed E-state index contributed by atoms with van der Waals surface area (Å²) in [5, 5.41) is 0. The number of benzene rings is 2. The second-order valence-electron chi connectivity index (χ2n) is 6.75. The molecule has 0 saturated carbocycles. The zero-order valence-corrected chi connectivity index (χ0v) is 15.9. The van der Waals surface area contributed by atoms with Crippen LogP contribution in [0.4, 0.5) is 11.4 Å². The monoisotopic (exact) mass is 388 g/mol. The highest BCUT2D eigenvalue weighted by Crippen LogP contribution is 2.37. The molecule has 2 aromatic rings. The SMILES string of the molecule is C[C@@H]1Cc2ccccc2N1C(=O)CN(c1ccc2c(c1)OCO2)S(C)(=O)=O. The first kappa shape index (κ1) is 17.7. The second kappa shape index (κ2) is 6.45. The summed E-state index contributed by atoms with van der Waals surface area (Å²) in [6, 6.07) is 12.5. The van der Waals surface area contributed by atoms with Crippen LogP contribution in [0.2, 0.25) is 0 Å². The van der Waals surface area contributed by atoms with Crippen LogP contribution in [0.15, 0.2) is 42.5 Å². The third kappa shape index (κ3) is 3.21. The summed E-state index contributed by atoms with van der Waals surface area (Å²) in [6.45, 7) is 1.78. The van der Waals surface area contributed by atoms with Crippen molar-refractivity contribution < 1.29 is 22.7 Å². The molecule has 0 radical (unpaired) electrons. The van der Waals surface area contributed by atoms with Gasteiger partial charge in [0.2, 0.25) is 22.7 Å². The highest BCUT2D eigenvalue weighted by molar-refractivity contribution is 7.92. The van der Waals surface area contributed by atoms with Gasteiger partial charge in [0.05, 0.1) is 11.9 Å². The molecule has 1 atom stereocenters. The van der Waals surface area contributed by atoms with Gasteiger partial charge in [0.25, 0.3) is 0 Å². The van der Waals surface area contributed by atoms with Crippen LogP contribution in [-0.2, 0) is 21.2 Å². The van der Waals surface area contributed by atoms with E-state index in [-0.39, 0.29) is 25.3 Å². The van der Waals surface area contributed by atoms with Gasteiger partial charge in [-0.15, -0.1) is 0 Å². The van der Waals surface area contributed by atoms with Gasteiger partial charge < -0.3 is 14.4 Å². The van der Waals surface area contributed by atoms with Crippen molar-refractivity contribution in [3.63, 3.8) is 0 Å². The molecule has 2 aliphatic rings. The van der Waals surface area contributed by atoms with E-state index in [1.807, 2.05) is 31.2 Å². The standard InChI is InChI=1S/C19H20N2O5S/c1-13-9-14-5-3-4-6-16(14)21(13)19(22)11-20(27(2,23)24)15-7-8-17-18(10-15)26-12-25-17/h3-8,10,13H,9,11-12H2,1-2H3/t13-/m1/s1. The Morgan fingerprint density at radius 2 is 1.93 bits per heavy atom. The summed E-state index contributed by atoms with van der Waals surface area (Å²) in [5.41, 5.74) is 2.30. The van der Waals surface area contributed by atoms with Gasteiger partial charge >= 0.3 is 0 Å². The van der Waals surface area contributed by atoms with Gasteiger partial charge in [-0.05, 0) is 37.1 Å². The highest BCUT2D eigenvalue weighted by atomic mass is 32.2. The zero-order valence-electron chi connectivity index (χ0n) is 15.1. The molecule has 142 valence electrons. The Bertz CT molecular complexity index is 1000. The van der Waals surface area contributed by atoms with Gasteiger partial charge in [-0.3, -0.25) is 9.10 Å². The average molecular weight is 388 g/mol. The van der Waals surface area contributed by atoms with E-state index in [0.717, 1.165) is 28.2 Å². The molecule has 0 aromatic heterocycles. The molecule has 4 rings (SSSR count). The molecule has 2 aromatic carbocycles. The Balaban J connectivity index is 1.64. The highest BCUT2D eigenvalue weighted by Gasteiger charge is 2.33. The van der Waals surface area contributed by atoms with Gasteiger partial charge in [-0.1, -0.05) is 18.2 Å². The number of rotatable bonds is 4. The van der Waals surface area contributed by atoms with Gasteiger partial charge in [-0.25, -0.2) is 8.42 Å². The molecule has 0 saturated heterocycles. The molecule has 0 aliphatic carbocycles. The van der Waals surface area contributed by atoms with E-state index < -0.39 is 10.0 Å². The predicted molar refractivity (Wildman–Crippen MR) is 102 cm³/mol. The number of sulfonamides is 1. The lowest BCUT2D eigenvalue weighted by molar-refractivity contribution is -0.117. The van der Waals surface area contributed by atoms with E-state index in [2.05, 4.69) is 0 Å². The van der Waals surface area contributed by atoms with E-state index in [0.29, 0.717) is 17.2 Å². The van der Waals surface area contributed by atoms with Crippen LogP contribution in [0.3, 0.4) is 0 Å². The number of para-hydroxylation sites is 1.